The second-order valence-electron chi connectivity index (χ2n) is 4.59. The van der Waals surface area contributed by atoms with Gasteiger partial charge in [-0.3, -0.25) is 0 Å². The molecule has 0 saturated heterocycles. The van der Waals surface area contributed by atoms with Gasteiger partial charge in [-0.2, -0.15) is 0 Å². The Labute approximate surface area is 138 Å². The van der Waals surface area contributed by atoms with E-state index in [-0.39, 0.29) is 10.8 Å². The first-order valence-corrected chi connectivity index (χ1v) is 7.14. The molecule has 1 aromatic heterocycles. The summed E-state index contributed by atoms with van der Waals surface area (Å²) in [6.45, 7) is 0.477. The number of hydrogen-bond donors (Lipinski definition) is 2. The van der Waals surface area contributed by atoms with Gasteiger partial charge in [-0.05, 0) is 18.1 Å². The monoisotopic (exact) mass is 337 g/mol. The Kier molecular flexibility index (Phi) is 5.59. The maximum atomic E-state index is 11.1. The number of aromatic nitrogens is 2. The first-order valence-electron chi connectivity index (χ1n) is 6.76. The zero-order chi connectivity index (χ0) is 16.8. The molecule has 0 spiro atoms. The quantitative estimate of drug-likeness (QED) is 0.801. The number of anilines is 1. The summed E-state index contributed by atoms with van der Waals surface area (Å²) in [5.41, 5.74) is 1.12. The van der Waals surface area contributed by atoms with Crippen LogP contribution in [0, 0.1) is 0 Å². The zero-order valence-electron chi connectivity index (χ0n) is 12.7. The summed E-state index contributed by atoms with van der Waals surface area (Å²) in [6.07, 6.45) is 0.617. The lowest BCUT2D eigenvalue weighted by atomic mass is 10.1. The molecule has 0 atom stereocenters. The average Bonchev–Trinajstić information content (AvgIpc) is 2.54. The number of hydrogen-bond acceptors (Lipinski definition) is 6. The maximum Gasteiger partial charge on any atom is 0.358 e. The number of ether oxygens (including phenoxy) is 2. The highest BCUT2D eigenvalue weighted by molar-refractivity contribution is 6.29. The third kappa shape index (κ3) is 4.23. The fraction of sp³-hybridized carbons (Fsp3) is 0.267. The van der Waals surface area contributed by atoms with Gasteiger partial charge in [0, 0.05) is 18.7 Å². The van der Waals surface area contributed by atoms with Crippen LogP contribution in [0.15, 0.2) is 24.3 Å². The third-order valence-corrected chi connectivity index (χ3v) is 3.36. The summed E-state index contributed by atoms with van der Waals surface area (Å²) in [6, 6.07) is 6.97. The van der Waals surface area contributed by atoms with Crippen molar-refractivity contribution < 1.29 is 19.4 Å². The highest BCUT2D eigenvalue weighted by Gasteiger charge is 2.13. The van der Waals surface area contributed by atoms with E-state index in [0.717, 1.165) is 5.56 Å². The van der Waals surface area contributed by atoms with E-state index >= 15 is 0 Å². The molecule has 0 bridgehead atoms. The molecular weight excluding hydrogens is 322 g/mol. The van der Waals surface area contributed by atoms with Crippen molar-refractivity contribution in [1.29, 1.82) is 0 Å². The van der Waals surface area contributed by atoms with Crippen LogP contribution in [0.25, 0.3) is 0 Å². The summed E-state index contributed by atoms with van der Waals surface area (Å²) >= 11 is 5.76. The molecule has 0 aliphatic carbocycles. The van der Waals surface area contributed by atoms with Gasteiger partial charge in [0.2, 0.25) is 0 Å². The second-order valence-corrected chi connectivity index (χ2v) is 4.98. The SMILES string of the molecule is COc1ccc(CCNc2cc(Cl)nnc2C(=O)O)c(OC)c1. The predicted molar refractivity (Wildman–Crippen MR) is 85.7 cm³/mol. The van der Waals surface area contributed by atoms with Crippen LogP contribution in [0.3, 0.4) is 0 Å². The van der Waals surface area contributed by atoms with Crippen molar-refractivity contribution in [1.82, 2.24) is 10.2 Å². The number of nitrogens with zero attached hydrogens (tertiary/aromatic N) is 2. The standard InChI is InChI=1S/C15H16ClN3O4/c1-22-10-4-3-9(12(7-10)23-2)5-6-17-11-8-13(16)18-19-14(11)15(20)21/h3-4,7-8H,5-6H2,1-2H3,(H,17,18)(H,20,21). The van der Waals surface area contributed by atoms with E-state index < -0.39 is 5.97 Å². The molecule has 0 fully saturated rings. The van der Waals surface area contributed by atoms with Crippen LogP contribution >= 0.6 is 11.6 Å². The van der Waals surface area contributed by atoms with Crippen molar-refractivity contribution in [3.63, 3.8) is 0 Å². The second kappa shape index (κ2) is 7.64. The fourth-order valence-corrected chi connectivity index (χ4v) is 2.20. The molecule has 0 aliphatic heterocycles. The van der Waals surface area contributed by atoms with Crippen molar-refractivity contribution in [3.8, 4) is 11.5 Å². The van der Waals surface area contributed by atoms with Crippen molar-refractivity contribution in [3.05, 3.63) is 40.7 Å². The lowest BCUT2D eigenvalue weighted by Gasteiger charge is -2.12. The minimum absolute atomic E-state index is 0.125. The largest absolute Gasteiger partial charge is 0.497 e. The van der Waals surface area contributed by atoms with Crippen LogP contribution in [-0.4, -0.2) is 42.0 Å². The van der Waals surface area contributed by atoms with Crippen LogP contribution in [0.4, 0.5) is 5.69 Å². The smallest absolute Gasteiger partial charge is 0.358 e. The Hall–Kier alpha value is -2.54. The minimum Gasteiger partial charge on any atom is -0.497 e. The zero-order valence-corrected chi connectivity index (χ0v) is 13.4. The van der Waals surface area contributed by atoms with Crippen LogP contribution in [-0.2, 0) is 6.42 Å². The number of halogens is 1. The Morgan fingerprint density at radius 1 is 1.26 bits per heavy atom. The van der Waals surface area contributed by atoms with E-state index in [1.807, 2.05) is 12.1 Å². The van der Waals surface area contributed by atoms with E-state index in [9.17, 15) is 4.79 Å². The Bertz CT molecular complexity index is 709. The molecule has 122 valence electrons. The summed E-state index contributed by atoms with van der Waals surface area (Å²) in [4.78, 5) is 11.1. The van der Waals surface area contributed by atoms with Gasteiger partial charge in [-0.25, -0.2) is 4.79 Å². The van der Waals surface area contributed by atoms with E-state index in [2.05, 4.69) is 15.5 Å². The van der Waals surface area contributed by atoms with Crippen LogP contribution in [0.2, 0.25) is 5.15 Å². The van der Waals surface area contributed by atoms with Gasteiger partial charge in [0.05, 0.1) is 19.9 Å². The first kappa shape index (κ1) is 16.8. The Morgan fingerprint density at radius 3 is 2.70 bits per heavy atom. The molecule has 23 heavy (non-hydrogen) atoms. The van der Waals surface area contributed by atoms with Crippen LogP contribution in [0.5, 0.6) is 11.5 Å². The van der Waals surface area contributed by atoms with Crippen molar-refractivity contribution in [2.45, 2.75) is 6.42 Å². The molecule has 2 aromatic rings. The van der Waals surface area contributed by atoms with E-state index in [4.69, 9.17) is 26.2 Å². The molecule has 2 N–H and O–H groups in total. The van der Waals surface area contributed by atoms with Gasteiger partial charge < -0.3 is 19.9 Å². The topological polar surface area (TPSA) is 93.6 Å². The normalized spacial score (nSPS) is 10.2. The van der Waals surface area contributed by atoms with E-state index in [1.54, 1.807) is 20.3 Å². The van der Waals surface area contributed by atoms with Gasteiger partial charge in [-0.15, -0.1) is 10.2 Å². The molecule has 0 amide bonds. The number of aromatic carboxylic acids is 1. The molecule has 0 unspecified atom stereocenters. The number of carboxylic acid groups (broad SMARTS) is 1. The summed E-state index contributed by atoms with van der Waals surface area (Å²) < 4.78 is 10.5. The fourth-order valence-electron chi connectivity index (χ4n) is 2.05. The molecule has 1 heterocycles. The predicted octanol–water partition coefficient (Wildman–Crippen LogP) is 2.50. The van der Waals surface area contributed by atoms with Crippen LogP contribution in [0.1, 0.15) is 16.1 Å². The highest BCUT2D eigenvalue weighted by atomic mass is 35.5. The Balaban J connectivity index is 2.08. The van der Waals surface area contributed by atoms with Gasteiger partial charge >= 0.3 is 5.97 Å². The van der Waals surface area contributed by atoms with Crippen molar-refractivity contribution >= 4 is 23.3 Å². The molecule has 0 radical (unpaired) electrons. The van der Waals surface area contributed by atoms with Crippen LogP contribution < -0.4 is 14.8 Å². The van der Waals surface area contributed by atoms with Gasteiger partial charge in [0.15, 0.2) is 10.8 Å². The van der Waals surface area contributed by atoms with Crippen molar-refractivity contribution in [2.75, 3.05) is 26.1 Å². The third-order valence-electron chi connectivity index (χ3n) is 3.17. The van der Waals surface area contributed by atoms with Crippen molar-refractivity contribution in [2.24, 2.45) is 0 Å². The Morgan fingerprint density at radius 2 is 2.04 bits per heavy atom. The van der Waals surface area contributed by atoms with Gasteiger partial charge in [0.1, 0.15) is 11.5 Å². The van der Waals surface area contributed by atoms with E-state index in [1.165, 1.54) is 6.07 Å². The lowest BCUT2D eigenvalue weighted by molar-refractivity contribution is 0.0690. The van der Waals surface area contributed by atoms with E-state index in [0.29, 0.717) is 30.2 Å². The van der Waals surface area contributed by atoms with Gasteiger partial charge in [0.25, 0.3) is 0 Å². The lowest BCUT2D eigenvalue weighted by Crippen LogP contribution is -2.12. The molecule has 7 nitrogen and oxygen atoms in total. The molecular formula is C15H16ClN3O4. The summed E-state index contributed by atoms with van der Waals surface area (Å²) in [5, 5.41) is 19.3. The minimum atomic E-state index is -1.17. The number of methoxy groups -OCH3 is 2. The summed E-state index contributed by atoms with van der Waals surface area (Å²) in [7, 11) is 3.17. The van der Waals surface area contributed by atoms with Gasteiger partial charge in [-0.1, -0.05) is 17.7 Å². The molecule has 2 rings (SSSR count). The molecule has 0 saturated carbocycles. The average molecular weight is 338 g/mol. The number of benzene rings is 1. The molecule has 1 aromatic carbocycles. The number of carboxylic acids is 1. The number of carbonyl (C=O) groups is 1. The highest BCUT2D eigenvalue weighted by Crippen LogP contribution is 2.25. The first-order chi connectivity index (χ1) is 11.0. The number of rotatable bonds is 7. The molecule has 8 heteroatoms. The summed E-state index contributed by atoms with van der Waals surface area (Å²) in [5.74, 6) is 0.242. The number of nitrogens with one attached hydrogen (secondary N) is 1. The molecule has 0 aliphatic rings. The maximum absolute atomic E-state index is 11.1.